The first-order valence-corrected chi connectivity index (χ1v) is 44.1. The van der Waals surface area contributed by atoms with Gasteiger partial charge in [-0.1, -0.05) is 273 Å². The van der Waals surface area contributed by atoms with Crippen LogP contribution >= 0.6 is 0 Å². The van der Waals surface area contributed by atoms with Gasteiger partial charge in [0, 0.05) is 120 Å². The van der Waals surface area contributed by atoms with Gasteiger partial charge in [0.15, 0.2) is 0 Å². The van der Waals surface area contributed by atoms with Crippen LogP contribution in [0.2, 0.25) is 0 Å². The molecule has 0 aliphatic rings. The molecular formula is C113H138Ir4N4O8-4. The van der Waals surface area contributed by atoms with Crippen LogP contribution in [-0.2, 0) is 99.7 Å². The van der Waals surface area contributed by atoms with Gasteiger partial charge in [0.05, 0.1) is 69.5 Å². The molecule has 4 aromatic heterocycles. The molecule has 0 saturated carbocycles. The third-order valence-electron chi connectivity index (χ3n) is 20.4. The third-order valence-corrected chi connectivity index (χ3v) is 20.4. The van der Waals surface area contributed by atoms with Crippen molar-refractivity contribution in [1.82, 2.24) is 19.9 Å². The molecule has 4 atom stereocenters. The van der Waals surface area contributed by atoms with E-state index in [9.17, 15) is 30.6 Å². The fourth-order valence-electron chi connectivity index (χ4n) is 14.5. The Balaban J connectivity index is 0.000000506. The van der Waals surface area contributed by atoms with E-state index in [0.717, 1.165) is 114 Å². The minimum absolute atomic E-state index is 0. The fourth-order valence-corrected chi connectivity index (χ4v) is 14.5. The van der Waals surface area contributed by atoms with Crippen molar-refractivity contribution in [2.45, 2.75) is 236 Å². The van der Waals surface area contributed by atoms with Gasteiger partial charge in [-0.15, -0.1) is 140 Å². The predicted octanol–water partition coefficient (Wildman–Crippen LogP) is 28.2. The first kappa shape index (κ1) is 116. The smallest absolute Gasteiger partial charge is 0.0955 e. The zero-order chi connectivity index (χ0) is 92.5. The molecule has 0 bridgehead atoms. The molecule has 4 unspecified atom stereocenters. The molecule has 12 nitrogen and oxygen atoms in total. The Kier molecular flexibility index (Phi) is 52.4. The standard InChI is InChI=1S/C20H20N.3C19H18N.C11H14O2.C11H22O2.C9H18O2.C5H10O2.4Ir/c1-13(2)17-6-5-7-20-18(17)8-9-19(21-20)16-11-14(3)10-15(4)12-16;3*1-4-15-6-5-7-19-17(15)8-9-18(20-19)16-11-13(2)10-14(3)12-16;1-8(12)11(9(2)13)10-6-4-3-5-7-10;1-8(2)5-10(12)7-11(13)6-9(3)4;1-6(2)8(10)5-9(11)7(3)4;1-4(6)3-5(2)7;;;;/h5-11,13H,1-4H3;3*5-11H,4H2,1-3H3;3-8,12-13H,1-2H3;7-10,12-13H,5-6H2,1-4H3;5-8,10-11H,1-4H3;3-4,6-7H,1-2H3;;;;/q4*-1;;;;;;;;. The van der Waals surface area contributed by atoms with Crippen LogP contribution in [0.5, 0.6) is 0 Å². The topological polar surface area (TPSA) is 213 Å². The molecule has 129 heavy (non-hydrogen) atoms. The molecule has 4 heterocycles. The molecule has 0 aliphatic carbocycles. The van der Waals surface area contributed by atoms with Gasteiger partial charge < -0.3 is 40.9 Å². The minimum atomic E-state index is -0.646. The molecule has 13 rings (SSSR count). The molecule has 698 valence electrons. The Labute approximate surface area is 825 Å². The van der Waals surface area contributed by atoms with E-state index < -0.39 is 24.4 Å². The van der Waals surface area contributed by atoms with Gasteiger partial charge in [0.25, 0.3) is 0 Å². The molecule has 4 radical (unpaired) electrons. The number of aryl methyl sites for hydroxylation is 11. The van der Waals surface area contributed by atoms with Crippen molar-refractivity contribution in [3.63, 3.8) is 0 Å². The molecule has 0 saturated heterocycles. The van der Waals surface area contributed by atoms with Crippen molar-refractivity contribution >= 4 is 49.2 Å². The van der Waals surface area contributed by atoms with E-state index >= 15 is 0 Å². The quantitative estimate of drug-likeness (QED) is 0.0281. The molecule has 0 amide bonds. The first-order chi connectivity index (χ1) is 59.2. The van der Waals surface area contributed by atoms with Crippen LogP contribution < -0.4 is 0 Å². The van der Waals surface area contributed by atoms with E-state index in [4.69, 9.17) is 30.1 Å². The van der Waals surface area contributed by atoms with Crippen LogP contribution in [0, 0.1) is 103 Å². The van der Waals surface area contributed by atoms with Crippen LogP contribution in [0.25, 0.3) is 94.2 Å². The normalized spacial score (nSPS) is 12.3. The number of nitrogens with zero attached hydrogens (tertiary/aromatic N) is 4. The monoisotopic (exact) mass is 2450 g/mol. The van der Waals surface area contributed by atoms with Crippen LogP contribution in [0.15, 0.2) is 241 Å². The van der Waals surface area contributed by atoms with E-state index in [-0.39, 0.29) is 110 Å². The Morgan fingerprint density at radius 3 is 0.969 bits per heavy atom. The number of rotatable bonds is 19. The van der Waals surface area contributed by atoms with E-state index in [1.165, 1.54) is 85.1 Å². The number of aliphatic hydroxyl groups is 8. The van der Waals surface area contributed by atoms with Gasteiger partial charge >= 0.3 is 0 Å². The summed E-state index contributed by atoms with van der Waals surface area (Å²) in [4.78, 5) is 19.3. The van der Waals surface area contributed by atoms with Crippen molar-refractivity contribution in [1.29, 1.82) is 0 Å². The Morgan fingerprint density at radius 1 is 0.372 bits per heavy atom. The maximum Gasteiger partial charge on any atom is 0.0955 e. The molecule has 9 aromatic carbocycles. The average molecular weight is 2450 g/mol. The third kappa shape index (κ3) is 38.9. The number of fused-ring (bicyclic) bond motifs is 4. The van der Waals surface area contributed by atoms with Crippen molar-refractivity contribution in [2.24, 2.45) is 23.7 Å². The van der Waals surface area contributed by atoms with Gasteiger partial charge in [-0.2, -0.15) is 0 Å². The summed E-state index contributed by atoms with van der Waals surface area (Å²) in [6, 6.07) is 82.7. The maximum atomic E-state index is 9.47. The van der Waals surface area contributed by atoms with Crippen molar-refractivity contribution in [3.8, 4) is 45.0 Å². The SMILES string of the molecule is CC(C)C(O)=CC(O)C(C)C.CC(C)CC(O)=CC(O)CC(C)C.CC(O)=C(c1ccccc1)C(C)O.CC(O)=CC(C)O.CCc1cccc2nc(-c3[c-]c(C)cc(C)c3)ccc12.CCc1cccc2nc(-c3[c-]c(C)cc(C)c3)ccc12.CCc1cccc2nc(-c3[c-]c(C)cc(C)c3)ccc12.Cc1[c-]c(-c2ccc3c(C(C)C)cccc3n2)cc(C)c1.[Ir].[Ir].[Ir].[Ir]. The summed E-state index contributed by atoms with van der Waals surface area (Å²) < 4.78 is 0. The summed E-state index contributed by atoms with van der Waals surface area (Å²) >= 11 is 0. The molecule has 0 fully saturated rings. The number of pyridine rings is 4. The molecule has 16 heteroatoms. The maximum absolute atomic E-state index is 9.47. The summed E-state index contributed by atoms with van der Waals surface area (Å²) in [5, 5.41) is 78.1. The second-order valence-corrected chi connectivity index (χ2v) is 34.4. The van der Waals surface area contributed by atoms with E-state index in [0.29, 0.717) is 41.9 Å². The second kappa shape index (κ2) is 58.2. The van der Waals surface area contributed by atoms with Gasteiger partial charge in [-0.3, -0.25) is 19.9 Å². The van der Waals surface area contributed by atoms with E-state index in [1.54, 1.807) is 26.8 Å². The molecule has 0 spiro atoms. The summed E-state index contributed by atoms with van der Waals surface area (Å²) in [5.41, 5.74) is 29.0. The first-order valence-electron chi connectivity index (χ1n) is 44.1. The zero-order valence-electron chi connectivity index (χ0n) is 80.2. The Hall–Kier alpha value is -8.78. The Morgan fingerprint density at radius 2 is 0.705 bits per heavy atom. The number of hydrogen-bond acceptors (Lipinski definition) is 12. The summed E-state index contributed by atoms with van der Waals surface area (Å²) in [5.74, 6) is 2.57. The largest absolute Gasteiger partial charge is 0.513 e. The van der Waals surface area contributed by atoms with Gasteiger partial charge in [0.2, 0.25) is 0 Å². The predicted molar refractivity (Wildman–Crippen MR) is 528 cm³/mol. The van der Waals surface area contributed by atoms with Crippen LogP contribution in [0.1, 0.15) is 209 Å². The van der Waals surface area contributed by atoms with Crippen LogP contribution in [-0.4, -0.2) is 85.2 Å². The number of aliphatic hydroxyl groups excluding tert-OH is 8. The molecular weight excluding hydrogens is 2310 g/mol. The van der Waals surface area contributed by atoms with Crippen molar-refractivity contribution < 1.29 is 121 Å². The zero-order valence-corrected chi connectivity index (χ0v) is 89.8. The van der Waals surface area contributed by atoms with E-state index in [2.05, 4.69) is 298 Å². The number of aromatic nitrogens is 4. The van der Waals surface area contributed by atoms with Crippen molar-refractivity contribution in [3.05, 3.63) is 338 Å². The summed E-state index contributed by atoms with van der Waals surface area (Å²) in [7, 11) is 0. The van der Waals surface area contributed by atoms with Gasteiger partial charge in [-0.05, 0) is 170 Å². The summed E-state index contributed by atoms with van der Waals surface area (Å²) in [6.07, 6.45) is 6.68. The molecule has 0 aliphatic heterocycles. The average Bonchev–Trinajstić information content (AvgIpc) is 0.992. The van der Waals surface area contributed by atoms with Crippen LogP contribution in [0.3, 0.4) is 0 Å². The molecule has 8 N–H and O–H groups in total. The fraction of sp³-hybridized carbons (Fsp3) is 0.345. The summed E-state index contributed by atoms with van der Waals surface area (Å²) in [6.45, 7) is 49.8. The van der Waals surface area contributed by atoms with E-state index in [1.807, 2.05) is 71.9 Å². The number of benzene rings is 9. The van der Waals surface area contributed by atoms with Crippen LogP contribution in [0.4, 0.5) is 0 Å². The number of allylic oxidation sites excluding steroid dienone is 4. The van der Waals surface area contributed by atoms with Gasteiger partial charge in [0.1, 0.15) is 0 Å². The second-order valence-electron chi connectivity index (χ2n) is 34.4. The van der Waals surface area contributed by atoms with Gasteiger partial charge in [-0.25, -0.2) is 0 Å². The van der Waals surface area contributed by atoms with Crippen molar-refractivity contribution in [2.75, 3.05) is 0 Å². The number of hydrogen-bond donors (Lipinski definition) is 8. The minimum Gasteiger partial charge on any atom is -0.513 e. The molecule has 13 aromatic rings. The Bertz CT molecular complexity index is 5350.